The van der Waals surface area contributed by atoms with Crippen LogP contribution in [0.5, 0.6) is 11.5 Å². The molecule has 0 aromatic heterocycles. The fraction of sp³-hybridized carbons (Fsp3) is 0.500. The first-order valence-electron chi connectivity index (χ1n) is 7.97. The molecule has 1 atom stereocenters. The Labute approximate surface area is 131 Å². The number of carbonyl (C=O) groups excluding carboxylic acids is 1. The summed E-state index contributed by atoms with van der Waals surface area (Å²) in [4.78, 5) is 12.2. The molecule has 0 bridgehead atoms. The first-order valence-corrected chi connectivity index (χ1v) is 7.97. The molecule has 120 valence electrons. The van der Waals surface area contributed by atoms with Crippen LogP contribution in [0.3, 0.4) is 0 Å². The summed E-state index contributed by atoms with van der Waals surface area (Å²) in [6, 6.07) is 1.26. The van der Waals surface area contributed by atoms with Gasteiger partial charge in [-0.05, 0) is 43.7 Å². The Kier molecular flexibility index (Phi) is 5.47. The lowest BCUT2D eigenvalue weighted by molar-refractivity contribution is 0.0235. The SMILES string of the molecule is CC=CCCC1Cc2c(CCCC)c(O)cc(O)c2C(=O)O1. The van der Waals surface area contributed by atoms with E-state index in [4.69, 9.17) is 4.74 Å². The maximum absolute atomic E-state index is 12.2. The lowest BCUT2D eigenvalue weighted by Gasteiger charge is -2.27. The summed E-state index contributed by atoms with van der Waals surface area (Å²) < 4.78 is 5.43. The van der Waals surface area contributed by atoms with Gasteiger partial charge >= 0.3 is 5.97 Å². The number of phenolic OH excluding ortho intramolecular Hbond substituents is 2. The molecule has 0 radical (unpaired) electrons. The molecular weight excluding hydrogens is 280 g/mol. The number of esters is 1. The van der Waals surface area contributed by atoms with Gasteiger partial charge in [0.25, 0.3) is 0 Å². The smallest absolute Gasteiger partial charge is 0.342 e. The van der Waals surface area contributed by atoms with Gasteiger partial charge in [-0.1, -0.05) is 25.5 Å². The summed E-state index contributed by atoms with van der Waals surface area (Å²) in [7, 11) is 0. The number of carbonyl (C=O) groups is 1. The van der Waals surface area contributed by atoms with Crippen molar-refractivity contribution in [3.05, 3.63) is 34.9 Å². The summed E-state index contributed by atoms with van der Waals surface area (Å²) in [5.74, 6) is -0.599. The molecule has 1 heterocycles. The van der Waals surface area contributed by atoms with Crippen molar-refractivity contribution in [3.8, 4) is 11.5 Å². The maximum Gasteiger partial charge on any atom is 0.342 e. The van der Waals surface area contributed by atoms with E-state index in [1.54, 1.807) is 0 Å². The number of rotatable bonds is 6. The van der Waals surface area contributed by atoms with Gasteiger partial charge in [0.2, 0.25) is 0 Å². The van der Waals surface area contributed by atoms with E-state index in [1.165, 1.54) is 6.07 Å². The highest BCUT2D eigenvalue weighted by molar-refractivity contribution is 5.96. The van der Waals surface area contributed by atoms with Crippen LogP contribution in [0.25, 0.3) is 0 Å². The average molecular weight is 304 g/mol. The molecule has 0 fully saturated rings. The first-order chi connectivity index (χ1) is 10.6. The number of allylic oxidation sites excluding steroid dienone is 2. The van der Waals surface area contributed by atoms with Gasteiger partial charge in [0, 0.05) is 12.5 Å². The molecule has 0 aliphatic carbocycles. The van der Waals surface area contributed by atoms with Crippen molar-refractivity contribution in [1.82, 2.24) is 0 Å². The fourth-order valence-electron chi connectivity index (χ4n) is 2.92. The lowest BCUT2D eigenvalue weighted by Crippen LogP contribution is -2.28. The third kappa shape index (κ3) is 3.43. The Morgan fingerprint density at radius 2 is 2.14 bits per heavy atom. The van der Waals surface area contributed by atoms with Crippen molar-refractivity contribution in [3.63, 3.8) is 0 Å². The third-order valence-corrected chi connectivity index (χ3v) is 4.09. The van der Waals surface area contributed by atoms with Crippen LogP contribution >= 0.6 is 0 Å². The Bertz CT molecular complexity index is 575. The summed E-state index contributed by atoms with van der Waals surface area (Å²) in [5.41, 5.74) is 1.76. The number of phenols is 2. The second kappa shape index (κ2) is 7.34. The minimum Gasteiger partial charge on any atom is -0.508 e. The molecule has 1 aliphatic heterocycles. The van der Waals surface area contributed by atoms with Crippen LogP contribution < -0.4 is 0 Å². The predicted molar refractivity (Wildman–Crippen MR) is 85.3 cm³/mol. The molecular formula is C18H24O4. The van der Waals surface area contributed by atoms with E-state index in [1.807, 2.05) is 19.1 Å². The molecule has 4 nitrogen and oxygen atoms in total. The van der Waals surface area contributed by atoms with Gasteiger partial charge in [0.05, 0.1) is 0 Å². The van der Waals surface area contributed by atoms with E-state index in [0.29, 0.717) is 12.8 Å². The minimum atomic E-state index is -0.484. The van der Waals surface area contributed by atoms with E-state index in [-0.39, 0.29) is 23.2 Å². The van der Waals surface area contributed by atoms with Crippen molar-refractivity contribution in [2.75, 3.05) is 0 Å². The van der Waals surface area contributed by atoms with Crippen LogP contribution in [-0.2, 0) is 17.6 Å². The molecule has 0 saturated heterocycles. The number of hydrogen-bond donors (Lipinski definition) is 2. The van der Waals surface area contributed by atoms with E-state index in [2.05, 4.69) is 6.92 Å². The standard InChI is InChI=1S/C18H24O4/c1-3-5-7-8-12-10-14-13(9-6-4-2)15(19)11-16(20)17(14)18(21)22-12/h3,5,11-12,19-20H,4,6-10H2,1-2H3. The van der Waals surface area contributed by atoms with Crippen molar-refractivity contribution in [2.45, 2.75) is 58.5 Å². The molecule has 0 saturated carbocycles. The normalized spacial score (nSPS) is 17.5. The molecule has 1 aliphatic rings. The average Bonchev–Trinajstić information content (AvgIpc) is 2.46. The number of benzene rings is 1. The molecule has 0 amide bonds. The van der Waals surface area contributed by atoms with Gasteiger partial charge in [-0.3, -0.25) is 0 Å². The second-order valence-corrected chi connectivity index (χ2v) is 5.73. The highest BCUT2D eigenvalue weighted by Gasteiger charge is 2.32. The lowest BCUT2D eigenvalue weighted by atomic mass is 9.88. The van der Waals surface area contributed by atoms with Gasteiger partial charge in [0.15, 0.2) is 0 Å². The van der Waals surface area contributed by atoms with E-state index < -0.39 is 5.97 Å². The maximum atomic E-state index is 12.2. The number of ether oxygens (including phenoxy) is 1. The van der Waals surface area contributed by atoms with Crippen LogP contribution in [0.2, 0.25) is 0 Å². The third-order valence-electron chi connectivity index (χ3n) is 4.09. The van der Waals surface area contributed by atoms with Crippen molar-refractivity contribution in [1.29, 1.82) is 0 Å². The highest BCUT2D eigenvalue weighted by Crippen LogP contribution is 2.38. The van der Waals surface area contributed by atoms with Crippen LogP contribution in [-0.4, -0.2) is 22.3 Å². The van der Waals surface area contributed by atoms with Gasteiger partial charge in [-0.2, -0.15) is 0 Å². The molecule has 1 unspecified atom stereocenters. The molecule has 2 rings (SSSR count). The van der Waals surface area contributed by atoms with Crippen molar-refractivity contribution in [2.24, 2.45) is 0 Å². The Hall–Kier alpha value is -1.97. The van der Waals surface area contributed by atoms with Crippen LogP contribution in [0.4, 0.5) is 0 Å². The van der Waals surface area contributed by atoms with Gasteiger partial charge in [0.1, 0.15) is 23.2 Å². The highest BCUT2D eigenvalue weighted by atomic mass is 16.5. The van der Waals surface area contributed by atoms with Crippen LogP contribution in [0.1, 0.15) is 61.0 Å². The molecule has 1 aromatic rings. The van der Waals surface area contributed by atoms with E-state index in [0.717, 1.165) is 36.8 Å². The largest absolute Gasteiger partial charge is 0.508 e. The molecule has 4 heteroatoms. The van der Waals surface area contributed by atoms with Gasteiger partial charge in [-0.25, -0.2) is 4.79 Å². The number of unbranched alkanes of at least 4 members (excludes halogenated alkanes) is 1. The zero-order valence-corrected chi connectivity index (χ0v) is 13.3. The molecule has 2 N–H and O–H groups in total. The molecule has 22 heavy (non-hydrogen) atoms. The Balaban J connectivity index is 2.33. The Morgan fingerprint density at radius 1 is 1.36 bits per heavy atom. The monoisotopic (exact) mass is 304 g/mol. The number of fused-ring (bicyclic) bond motifs is 1. The van der Waals surface area contributed by atoms with Crippen LogP contribution in [0.15, 0.2) is 18.2 Å². The Morgan fingerprint density at radius 3 is 2.82 bits per heavy atom. The summed E-state index contributed by atoms with van der Waals surface area (Å²) in [5, 5.41) is 20.1. The van der Waals surface area contributed by atoms with Gasteiger partial charge < -0.3 is 14.9 Å². The predicted octanol–water partition coefficient (Wildman–Crippen LogP) is 3.88. The topological polar surface area (TPSA) is 66.8 Å². The van der Waals surface area contributed by atoms with Crippen molar-refractivity contribution >= 4 is 5.97 Å². The first kappa shape index (κ1) is 16.4. The zero-order chi connectivity index (χ0) is 16.1. The summed E-state index contributed by atoms with van der Waals surface area (Å²) in [6.45, 7) is 4.04. The minimum absolute atomic E-state index is 0.0756. The number of aromatic hydroxyl groups is 2. The van der Waals surface area contributed by atoms with Gasteiger partial charge in [-0.15, -0.1) is 0 Å². The van der Waals surface area contributed by atoms with Crippen LogP contribution in [0, 0.1) is 0 Å². The second-order valence-electron chi connectivity index (χ2n) is 5.73. The quantitative estimate of drug-likeness (QED) is 0.618. The zero-order valence-electron chi connectivity index (χ0n) is 13.3. The summed E-state index contributed by atoms with van der Waals surface area (Å²) >= 11 is 0. The molecule has 0 spiro atoms. The number of hydrogen-bond acceptors (Lipinski definition) is 4. The van der Waals surface area contributed by atoms with E-state index in [9.17, 15) is 15.0 Å². The fourth-order valence-corrected chi connectivity index (χ4v) is 2.92. The molecule has 1 aromatic carbocycles. The number of cyclic esters (lactones) is 1. The van der Waals surface area contributed by atoms with Crippen molar-refractivity contribution < 1.29 is 19.7 Å². The summed E-state index contributed by atoms with van der Waals surface area (Å²) in [6.07, 6.45) is 8.62. The van der Waals surface area contributed by atoms with E-state index >= 15 is 0 Å².